The number of carboxylic acids is 1. The number of ether oxygens (including phenoxy) is 3. The zero-order valence-electron chi connectivity index (χ0n) is 11.3. The molecule has 0 fully saturated rings. The van der Waals surface area contributed by atoms with E-state index in [1.165, 1.54) is 7.11 Å². The van der Waals surface area contributed by atoms with Crippen molar-refractivity contribution >= 4 is 5.97 Å². The summed E-state index contributed by atoms with van der Waals surface area (Å²) in [4.78, 5) is 10.9. The molecule has 0 radical (unpaired) electrons. The summed E-state index contributed by atoms with van der Waals surface area (Å²) >= 11 is 0. The number of hydrogen-bond donors (Lipinski definition) is 2. The molecule has 0 spiro atoms. The number of aliphatic carboxylic acids is 1. The molecular formula is C13H19NO5. The molecule has 3 N–H and O–H groups in total. The number of carbonyl (C=O) groups is 1. The van der Waals surface area contributed by atoms with Crippen LogP contribution in [0.5, 0.6) is 11.5 Å². The summed E-state index contributed by atoms with van der Waals surface area (Å²) in [6.45, 7) is 0.329. The van der Waals surface area contributed by atoms with E-state index in [0.29, 0.717) is 18.1 Å². The molecule has 106 valence electrons. The Kier molecular flexibility index (Phi) is 5.59. The van der Waals surface area contributed by atoms with E-state index in [1.807, 2.05) is 0 Å². The summed E-state index contributed by atoms with van der Waals surface area (Å²) in [6, 6.07) is 2.50. The van der Waals surface area contributed by atoms with Crippen LogP contribution in [0.1, 0.15) is 11.1 Å². The fraction of sp³-hybridized carbons (Fsp3) is 0.462. The summed E-state index contributed by atoms with van der Waals surface area (Å²) in [5.41, 5.74) is 7.10. The molecule has 0 aliphatic carbocycles. The molecule has 19 heavy (non-hydrogen) atoms. The third kappa shape index (κ3) is 3.84. The van der Waals surface area contributed by atoms with Crippen molar-refractivity contribution in [2.75, 3.05) is 21.3 Å². The van der Waals surface area contributed by atoms with Gasteiger partial charge in [-0.2, -0.15) is 0 Å². The van der Waals surface area contributed by atoms with E-state index in [-0.39, 0.29) is 6.42 Å². The van der Waals surface area contributed by atoms with Crippen LogP contribution in [0.2, 0.25) is 0 Å². The molecule has 0 aromatic heterocycles. The summed E-state index contributed by atoms with van der Waals surface area (Å²) in [5.74, 6) is 0.112. The Morgan fingerprint density at radius 1 is 1.32 bits per heavy atom. The normalized spacial score (nSPS) is 12.0. The van der Waals surface area contributed by atoms with Crippen LogP contribution in [-0.4, -0.2) is 38.4 Å². The second-order valence-corrected chi connectivity index (χ2v) is 4.05. The molecule has 0 bridgehead atoms. The summed E-state index contributed by atoms with van der Waals surface area (Å²) in [5, 5.41) is 8.91. The molecule has 6 heteroatoms. The van der Waals surface area contributed by atoms with Crippen molar-refractivity contribution in [1.29, 1.82) is 0 Å². The average molecular weight is 269 g/mol. The molecule has 0 heterocycles. The van der Waals surface area contributed by atoms with E-state index in [1.54, 1.807) is 26.4 Å². The molecule has 1 aromatic rings. The van der Waals surface area contributed by atoms with Crippen molar-refractivity contribution in [3.63, 3.8) is 0 Å². The highest BCUT2D eigenvalue weighted by atomic mass is 16.5. The van der Waals surface area contributed by atoms with Crippen LogP contribution in [0.25, 0.3) is 0 Å². The number of carboxylic acid groups (broad SMARTS) is 1. The number of methoxy groups -OCH3 is 3. The van der Waals surface area contributed by atoms with Crippen LogP contribution in [-0.2, 0) is 22.6 Å². The Morgan fingerprint density at radius 3 is 2.47 bits per heavy atom. The van der Waals surface area contributed by atoms with Crippen LogP contribution in [0.3, 0.4) is 0 Å². The summed E-state index contributed by atoms with van der Waals surface area (Å²) in [6.07, 6.45) is 0.168. The Hall–Kier alpha value is -1.79. The zero-order valence-corrected chi connectivity index (χ0v) is 11.3. The van der Waals surface area contributed by atoms with Gasteiger partial charge in [0.1, 0.15) is 17.5 Å². The van der Waals surface area contributed by atoms with E-state index in [2.05, 4.69) is 0 Å². The van der Waals surface area contributed by atoms with Crippen molar-refractivity contribution in [2.45, 2.75) is 19.1 Å². The Labute approximate surface area is 112 Å². The summed E-state index contributed by atoms with van der Waals surface area (Å²) in [7, 11) is 4.63. The van der Waals surface area contributed by atoms with E-state index in [0.717, 1.165) is 11.1 Å². The van der Waals surface area contributed by atoms with Gasteiger partial charge in [-0.1, -0.05) is 0 Å². The van der Waals surface area contributed by atoms with Gasteiger partial charge in [0.15, 0.2) is 0 Å². The standard InChI is InChI=1S/C13H19NO5/c1-17-7-8-4-9(18-2)5-12(19-3)10(8)6-11(14)13(15)16/h4-5,11H,6-7,14H2,1-3H3,(H,15,16). The van der Waals surface area contributed by atoms with Crippen molar-refractivity contribution in [1.82, 2.24) is 0 Å². The minimum atomic E-state index is -1.05. The third-order valence-electron chi connectivity index (χ3n) is 2.77. The number of benzene rings is 1. The first kappa shape index (κ1) is 15.3. The van der Waals surface area contributed by atoms with Gasteiger partial charge in [0.2, 0.25) is 0 Å². The van der Waals surface area contributed by atoms with Gasteiger partial charge in [0.05, 0.1) is 20.8 Å². The fourth-order valence-corrected chi connectivity index (χ4v) is 1.80. The van der Waals surface area contributed by atoms with Crippen molar-refractivity contribution < 1.29 is 24.1 Å². The minimum Gasteiger partial charge on any atom is -0.497 e. The molecule has 0 aliphatic rings. The molecule has 0 amide bonds. The van der Waals surface area contributed by atoms with Crippen LogP contribution < -0.4 is 15.2 Å². The quantitative estimate of drug-likeness (QED) is 0.761. The van der Waals surface area contributed by atoms with E-state index >= 15 is 0 Å². The lowest BCUT2D eigenvalue weighted by Crippen LogP contribution is -2.32. The highest BCUT2D eigenvalue weighted by Gasteiger charge is 2.19. The van der Waals surface area contributed by atoms with Gasteiger partial charge in [-0.3, -0.25) is 4.79 Å². The molecule has 0 saturated carbocycles. The smallest absolute Gasteiger partial charge is 0.320 e. The van der Waals surface area contributed by atoms with E-state index in [9.17, 15) is 4.79 Å². The predicted molar refractivity (Wildman–Crippen MR) is 69.6 cm³/mol. The molecule has 1 rings (SSSR count). The lowest BCUT2D eigenvalue weighted by atomic mass is 9.99. The van der Waals surface area contributed by atoms with Crippen LogP contribution >= 0.6 is 0 Å². The van der Waals surface area contributed by atoms with Gasteiger partial charge >= 0.3 is 5.97 Å². The van der Waals surface area contributed by atoms with Gasteiger partial charge in [0, 0.05) is 25.2 Å². The second kappa shape index (κ2) is 6.96. The predicted octanol–water partition coefficient (Wildman–Crippen LogP) is 0.805. The van der Waals surface area contributed by atoms with Gasteiger partial charge in [-0.25, -0.2) is 0 Å². The molecule has 1 aromatic carbocycles. The van der Waals surface area contributed by atoms with Crippen molar-refractivity contribution in [2.24, 2.45) is 5.73 Å². The molecule has 0 aliphatic heterocycles. The van der Waals surface area contributed by atoms with Crippen molar-refractivity contribution in [3.8, 4) is 11.5 Å². The van der Waals surface area contributed by atoms with E-state index in [4.69, 9.17) is 25.1 Å². The average Bonchev–Trinajstić information content (AvgIpc) is 2.40. The maximum absolute atomic E-state index is 10.9. The number of hydrogen-bond acceptors (Lipinski definition) is 5. The number of rotatable bonds is 7. The first-order valence-electron chi connectivity index (χ1n) is 5.74. The number of nitrogens with two attached hydrogens (primary N) is 1. The van der Waals surface area contributed by atoms with Gasteiger partial charge in [-0.05, 0) is 11.6 Å². The Morgan fingerprint density at radius 2 is 2.00 bits per heavy atom. The Bertz CT molecular complexity index is 447. The van der Waals surface area contributed by atoms with Crippen molar-refractivity contribution in [3.05, 3.63) is 23.3 Å². The maximum Gasteiger partial charge on any atom is 0.320 e. The first-order valence-corrected chi connectivity index (χ1v) is 5.74. The van der Waals surface area contributed by atoms with Crippen LogP contribution in [0.15, 0.2) is 12.1 Å². The van der Waals surface area contributed by atoms with Gasteiger partial charge in [0.25, 0.3) is 0 Å². The zero-order chi connectivity index (χ0) is 14.4. The molecule has 0 saturated heterocycles. The minimum absolute atomic E-state index is 0.168. The highest BCUT2D eigenvalue weighted by Crippen LogP contribution is 2.30. The molecule has 6 nitrogen and oxygen atoms in total. The van der Waals surface area contributed by atoms with Crippen LogP contribution in [0.4, 0.5) is 0 Å². The second-order valence-electron chi connectivity index (χ2n) is 4.05. The lowest BCUT2D eigenvalue weighted by molar-refractivity contribution is -0.138. The lowest BCUT2D eigenvalue weighted by Gasteiger charge is -2.17. The summed E-state index contributed by atoms with van der Waals surface area (Å²) < 4.78 is 15.5. The van der Waals surface area contributed by atoms with Gasteiger partial charge in [-0.15, -0.1) is 0 Å². The fourth-order valence-electron chi connectivity index (χ4n) is 1.80. The molecule has 1 unspecified atom stereocenters. The van der Waals surface area contributed by atoms with E-state index < -0.39 is 12.0 Å². The highest BCUT2D eigenvalue weighted by molar-refractivity contribution is 5.74. The first-order chi connectivity index (χ1) is 9.03. The molecular weight excluding hydrogens is 250 g/mol. The van der Waals surface area contributed by atoms with Crippen LogP contribution in [0, 0.1) is 0 Å². The topological polar surface area (TPSA) is 91.0 Å². The van der Waals surface area contributed by atoms with Gasteiger partial charge < -0.3 is 25.1 Å². The third-order valence-corrected chi connectivity index (χ3v) is 2.77. The largest absolute Gasteiger partial charge is 0.497 e. The maximum atomic E-state index is 10.9. The Balaban J connectivity index is 3.20. The SMILES string of the molecule is COCc1cc(OC)cc(OC)c1CC(N)C(=O)O. The molecule has 1 atom stereocenters. The monoisotopic (exact) mass is 269 g/mol.